The molecule has 37 heavy (non-hydrogen) atoms. The first kappa shape index (κ1) is 25.9. The molecule has 4 rings (SSSR count). The average Bonchev–Trinajstić information content (AvgIpc) is 2.89. The van der Waals surface area contributed by atoms with Crippen LogP contribution in [0.4, 0.5) is 4.39 Å². The lowest BCUT2D eigenvalue weighted by Gasteiger charge is -2.08. The van der Waals surface area contributed by atoms with E-state index in [0.29, 0.717) is 28.5 Å². The molecule has 0 saturated carbocycles. The Morgan fingerprint density at radius 2 is 1.54 bits per heavy atom. The van der Waals surface area contributed by atoms with Gasteiger partial charge in [0.05, 0.1) is 6.21 Å². The number of nitrogens with one attached hydrogen (secondary N) is 1. The van der Waals surface area contributed by atoms with Gasteiger partial charge in [-0.25, -0.2) is 9.82 Å². The van der Waals surface area contributed by atoms with Crippen molar-refractivity contribution in [2.45, 2.75) is 11.5 Å². The second-order valence-electron chi connectivity index (χ2n) is 7.66. The summed E-state index contributed by atoms with van der Waals surface area (Å²) >= 11 is 6.12. The molecular formula is C27H20ClFN2O5S. The quantitative estimate of drug-likeness (QED) is 0.170. The summed E-state index contributed by atoms with van der Waals surface area (Å²) in [5.41, 5.74) is 4.26. The predicted molar refractivity (Wildman–Crippen MR) is 138 cm³/mol. The first-order valence-corrected chi connectivity index (χ1v) is 12.7. The number of nitrogens with zero attached hydrogens (tertiary/aromatic N) is 1. The van der Waals surface area contributed by atoms with Crippen molar-refractivity contribution in [2.24, 2.45) is 5.10 Å². The molecule has 1 N–H and O–H groups in total. The number of carbonyl (C=O) groups is 1. The standard InChI is InChI=1S/C27H20ClFN2O5S/c28-26-4-2-1-3-21(26)18-35-23-13-7-20(8-14-23)27(32)31-30-17-19-5-11-24(12-6-19)36-37(33,34)25-15-9-22(29)10-16-25/h1-17H,18H2,(H,31,32)/b30-17-. The maximum atomic E-state index is 13.0. The van der Waals surface area contributed by atoms with Gasteiger partial charge < -0.3 is 8.92 Å². The maximum Gasteiger partial charge on any atom is 0.339 e. The van der Waals surface area contributed by atoms with Gasteiger partial charge in [0.1, 0.15) is 28.8 Å². The highest BCUT2D eigenvalue weighted by atomic mass is 35.5. The fraction of sp³-hybridized carbons (Fsp3) is 0.0370. The van der Waals surface area contributed by atoms with E-state index in [0.717, 1.165) is 29.8 Å². The van der Waals surface area contributed by atoms with Gasteiger partial charge in [-0.1, -0.05) is 29.8 Å². The van der Waals surface area contributed by atoms with Gasteiger partial charge in [0, 0.05) is 16.1 Å². The SMILES string of the molecule is O=C(N/N=C\c1ccc(OS(=O)(=O)c2ccc(F)cc2)cc1)c1ccc(OCc2ccccc2Cl)cc1. The number of hydrogen-bond acceptors (Lipinski definition) is 6. The minimum atomic E-state index is -4.10. The average molecular weight is 539 g/mol. The zero-order chi connectivity index (χ0) is 26.3. The van der Waals surface area contributed by atoms with Crippen LogP contribution in [0.25, 0.3) is 0 Å². The van der Waals surface area contributed by atoms with E-state index < -0.39 is 21.8 Å². The minimum absolute atomic E-state index is 0.0716. The van der Waals surface area contributed by atoms with Gasteiger partial charge in [0.2, 0.25) is 0 Å². The fourth-order valence-electron chi connectivity index (χ4n) is 3.09. The molecule has 0 aliphatic rings. The predicted octanol–water partition coefficient (Wildman–Crippen LogP) is 5.59. The molecule has 0 aliphatic heterocycles. The highest BCUT2D eigenvalue weighted by Gasteiger charge is 2.16. The van der Waals surface area contributed by atoms with Crippen LogP contribution in [0.1, 0.15) is 21.5 Å². The second-order valence-corrected chi connectivity index (χ2v) is 9.62. The van der Waals surface area contributed by atoms with Crippen molar-refractivity contribution in [1.82, 2.24) is 5.43 Å². The van der Waals surface area contributed by atoms with Crippen molar-refractivity contribution in [3.63, 3.8) is 0 Å². The van der Waals surface area contributed by atoms with Gasteiger partial charge in [-0.05, 0) is 84.4 Å². The Kier molecular flexibility index (Phi) is 8.17. The van der Waals surface area contributed by atoms with Crippen molar-refractivity contribution in [2.75, 3.05) is 0 Å². The van der Waals surface area contributed by atoms with E-state index in [1.807, 2.05) is 18.2 Å². The molecule has 0 fully saturated rings. The van der Waals surface area contributed by atoms with Crippen molar-refractivity contribution < 1.29 is 26.5 Å². The molecule has 0 radical (unpaired) electrons. The molecule has 1 amide bonds. The summed E-state index contributed by atoms with van der Waals surface area (Å²) in [6.45, 7) is 0.303. The van der Waals surface area contributed by atoms with Gasteiger partial charge in [-0.3, -0.25) is 4.79 Å². The number of benzene rings is 4. The largest absolute Gasteiger partial charge is 0.489 e. The van der Waals surface area contributed by atoms with Crippen LogP contribution in [-0.4, -0.2) is 20.5 Å². The summed E-state index contributed by atoms with van der Waals surface area (Å²) in [5, 5.41) is 4.54. The molecule has 0 bridgehead atoms. The molecule has 0 heterocycles. The molecule has 4 aromatic rings. The monoisotopic (exact) mass is 538 g/mol. The van der Waals surface area contributed by atoms with Crippen LogP contribution in [0.3, 0.4) is 0 Å². The number of ether oxygens (including phenoxy) is 1. The van der Waals surface area contributed by atoms with Gasteiger partial charge in [0.25, 0.3) is 5.91 Å². The summed E-state index contributed by atoms with van der Waals surface area (Å²) in [5.74, 6) is -0.310. The van der Waals surface area contributed by atoms with Crippen LogP contribution in [0, 0.1) is 5.82 Å². The summed E-state index contributed by atoms with van der Waals surface area (Å²) in [4.78, 5) is 12.2. The summed E-state index contributed by atoms with van der Waals surface area (Å²) < 4.78 is 48.4. The molecule has 0 saturated heterocycles. The third-order valence-corrected chi connectivity index (χ3v) is 6.67. The summed E-state index contributed by atoms with van der Waals surface area (Å²) in [6, 6.07) is 24.3. The van der Waals surface area contributed by atoms with Crippen molar-refractivity contribution in [3.8, 4) is 11.5 Å². The van der Waals surface area contributed by atoms with Crippen LogP contribution in [0.2, 0.25) is 5.02 Å². The molecule has 0 atom stereocenters. The maximum absolute atomic E-state index is 13.0. The van der Waals surface area contributed by atoms with E-state index in [2.05, 4.69) is 10.5 Å². The zero-order valence-electron chi connectivity index (χ0n) is 19.2. The number of halogens is 2. The van der Waals surface area contributed by atoms with Crippen molar-refractivity contribution >= 4 is 33.8 Å². The van der Waals surface area contributed by atoms with E-state index in [1.165, 1.54) is 18.3 Å². The number of hydrogen-bond donors (Lipinski definition) is 1. The van der Waals surface area contributed by atoms with E-state index >= 15 is 0 Å². The highest BCUT2D eigenvalue weighted by molar-refractivity contribution is 7.87. The van der Waals surface area contributed by atoms with Crippen LogP contribution in [-0.2, 0) is 16.7 Å². The first-order chi connectivity index (χ1) is 17.8. The van der Waals surface area contributed by atoms with Crippen molar-refractivity contribution in [3.05, 3.63) is 125 Å². The van der Waals surface area contributed by atoms with Gasteiger partial charge in [-0.2, -0.15) is 13.5 Å². The molecular weight excluding hydrogens is 519 g/mol. The van der Waals surface area contributed by atoms with Gasteiger partial charge >= 0.3 is 10.1 Å². The summed E-state index contributed by atoms with van der Waals surface area (Å²) in [6.07, 6.45) is 1.40. The lowest BCUT2D eigenvalue weighted by atomic mass is 10.2. The molecule has 0 aromatic heterocycles. The molecule has 0 unspecified atom stereocenters. The third-order valence-electron chi connectivity index (χ3n) is 5.04. The number of rotatable bonds is 9. The smallest absolute Gasteiger partial charge is 0.339 e. The lowest BCUT2D eigenvalue weighted by molar-refractivity contribution is 0.0955. The minimum Gasteiger partial charge on any atom is -0.489 e. The topological polar surface area (TPSA) is 94.1 Å². The molecule has 0 spiro atoms. The molecule has 7 nitrogen and oxygen atoms in total. The Bertz CT molecular complexity index is 1510. The molecule has 10 heteroatoms. The van der Waals surface area contributed by atoms with E-state index in [9.17, 15) is 17.6 Å². The second kappa shape index (κ2) is 11.7. The zero-order valence-corrected chi connectivity index (χ0v) is 20.7. The van der Waals surface area contributed by atoms with Gasteiger partial charge in [0.15, 0.2) is 0 Å². The van der Waals surface area contributed by atoms with E-state index in [4.69, 9.17) is 20.5 Å². The Morgan fingerprint density at radius 3 is 2.22 bits per heavy atom. The molecule has 0 aliphatic carbocycles. The van der Waals surface area contributed by atoms with E-state index in [-0.39, 0.29) is 10.6 Å². The van der Waals surface area contributed by atoms with Crippen molar-refractivity contribution in [1.29, 1.82) is 0 Å². The van der Waals surface area contributed by atoms with Crippen LogP contribution in [0.5, 0.6) is 11.5 Å². The van der Waals surface area contributed by atoms with Crippen LogP contribution in [0.15, 0.2) is 107 Å². The van der Waals surface area contributed by atoms with E-state index in [1.54, 1.807) is 42.5 Å². The Balaban J connectivity index is 1.28. The Morgan fingerprint density at radius 1 is 0.892 bits per heavy atom. The molecule has 4 aromatic carbocycles. The fourth-order valence-corrected chi connectivity index (χ4v) is 4.21. The first-order valence-electron chi connectivity index (χ1n) is 10.9. The van der Waals surface area contributed by atoms with Crippen LogP contribution < -0.4 is 14.3 Å². The lowest BCUT2D eigenvalue weighted by Crippen LogP contribution is -2.17. The van der Waals surface area contributed by atoms with Gasteiger partial charge in [-0.15, -0.1) is 0 Å². The third kappa shape index (κ3) is 7.16. The number of hydrazone groups is 1. The normalized spacial score (nSPS) is 11.3. The number of amides is 1. The number of carbonyl (C=O) groups excluding carboxylic acids is 1. The Labute approximate surface area is 218 Å². The molecule has 188 valence electrons. The Hall–Kier alpha value is -4.21. The highest BCUT2D eigenvalue weighted by Crippen LogP contribution is 2.20. The van der Waals surface area contributed by atoms with Crippen LogP contribution >= 0.6 is 11.6 Å². The summed E-state index contributed by atoms with van der Waals surface area (Å²) in [7, 11) is -4.10.